The van der Waals surface area contributed by atoms with E-state index in [9.17, 15) is 8.78 Å². The van der Waals surface area contributed by atoms with Crippen LogP contribution in [-0.2, 0) is 11.3 Å². The van der Waals surface area contributed by atoms with Gasteiger partial charge in [0.1, 0.15) is 11.6 Å². The van der Waals surface area contributed by atoms with E-state index < -0.39 is 11.6 Å². The molecule has 2 aromatic carbocycles. The summed E-state index contributed by atoms with van der Waals surface area (Å²) in [4.78, 5) is 5.55. The molecule has 28 heavy (non-hydrogen) atoms. The number of hydrogen-bond donors (Lipinski definition) is 0. The molecule has 0 bridgehead atoms. The number of aryl methyl sites for hydroxylation is 3. The van der Waals surface area contributed by atoms with Gasteiger partial charge < -0.3 is 4.84 Å². The number of unbranched alkanes of at least 4 members (excludes halogenated alkanes) is 1. The molecular formula is C23H32ClF2NO. The van der Waals surface area contributed by atoms with Crippen LogP contribution in [0.3, 0.4) is 0 Å². The summed E-state index contributed by atoms with van der Waals surface area (Å²) in [6, 6.07) is 8.34. The van der Waals surface area contributed by atoms with Crippen molar-refractivity contribution in [3.8, 4) is 0 Å². The highest BCUT2D eigenvalue weighted by atomic mass is 35.5. The van der Waals surface area contributed by atoms with Gasteiger partial charge in [0, 0.05) is 24.6 Å². The maximum atomic E-state index is 14.3. The first kappa shape index (κ1) is 24.5. The predicted octanol–water partition coefficient (Wildman–Crippen LogP) is 6.30. The molecule has 156 valence electrons. The maximum Gasteiger partial charge on any atom is 0.129 e. The van der Waals surface area contributed by atoms with E-state index in [1.807, 2.05) is 5.06 Å². The molecule has 0 saturated carbocycles. The molecular weight excluding hydrogens is 380 g/mol. The van der Waals surface area contributed by atoms with Gasteiger partial charge in [0.25, 0.3) is 0 Å². The van der Waals surface area contributed by atoms with E-state index >= 15 is 0 Å². The lowest BCUT2D eigenvalue weighted by Crippen LogP contribution is -2.30. The van der Waals surface area contributed by atoms with Gasteiger partial charge in [0.05, 0.1) is 7.11 Å². The minimum Gasteiger partial charge on any atom is -0.302 e. The third kappa shape index (κ3) is 6.26. The summed E-state index contributed by atoms with van der Waals surface area (Å²) in [6.07, 6.45) is 2.38. The van der Waals surface area contributed by atoms with E-state index in [0.717, 1.165) is 36.1 Å². The van der Waals surface area contributed by atoms with Gasteiger partial charge in [-0.1, -0.05) is 37.1 Å². The van der Waals surface area contributed by atoms with Crippen LogP contribution in [0.15, 0.2) is 30.3 Å². The molecule has 0 amide bonds. The summed E-state index contributed by atoms with van der Waals surface area (Å²) in [5.74, 6) is -1.03. The van der Waals surface area contributed by atoms with Gasteiger partial charge in [0.2, 0.25) is 0 Å². The van der Waals surface area contributed by atoms with Crippen molar-refractivity contribution in [2.45, 2.75) is 52.9 Å². The molecule has 0 aliphatic rings. The third-order valence-electron chi connectivity index (χ3n) is 5.10. The van der Waals surface area contributed by atoms with Gasteiger partial charge in [-0.3, -0.25) is 0 Å². The standard InChI is InChI=1S/C23H31F2NO.ClH/c1-6-7-11-26(27-5)15-19(14-20-21(24)9-8-10-22(20)25)23-17(3)12-16(2)13-18(23)4;/h8-10,12-13,19H,6-7,11,14-15H2,1-5H3;1H. The molecule has 0 radical (unpaired) electrons. The van der Waals surface area contributed by atoms with Crippen LogP contribution in [0.2, 0.25) is 0 Å². The van der Waals surface area contributed by atoms with Crippen LogP contribution in [0.4, 0.5) is 8.78 Å². The zero-order valence-corrected chi connectivity index (χ0v) is 18.3. The number of hydroxylamine groups is 2. The molecule has 0 aliphatic carbocycles. The Kier molecular flexibility index (Phi) is 10.1. The Morgan fingerprint density at radius 3 is 2.11 bits per heavy atom. The van der Waals surface area contributed by atoms with E-state index in [-0.39, 0.29) is 23.9 Å². The normalized spacial score (nSPS) is 12.1. The number of rotatable bonds is 9. The summed E-state index contributed by atoms with van der Waals surface area (Å²) < 4.78 is 28.7. The van der Waals surface area contributed by atoms with E-state index in [0.29, 0.717) is 13.0 Å². The van der Waals surface area contributed by atoms with E-state index in [2.05, 4.69) is 39.8 Å². The number of hydrogen-bond acceptors (Lipinski definition) is 2. The molecule has 0 aromatic heterocycles. The van der Waals surface area contributed by atoms with Crippen molar-refractivity contribution < 1.29 is 13.6 Å². The molecule has 1 unspecified atom stereocenters. The minimum atomic E-state index is -0.486. The van der Waals surface area contributed by atoms with Gasteiger partial charge in [-0.05, 0) is 62.4 Å². The van der Waals surface area contributed by atoms with Crippen LogP contribution in [0.25, 0.3) is 0 Å². The molecule has 0 N–H and O–H groups in total. The SMILES string of the molecule is CCCCN(CC(Cc1c(F)cccc1F)c1c(C)cc(C)cc1C)OC.Cl. The smallest absolute Gasteiger partial charge is 0.129 e. The fourth-order valence-corrected chi connectivity index (χ4v) is 3.90. The summed E-state index contributed by atoms with van der Waals surface area (Å²) >= 11 is 0. The molecule has 1 atom stereocenters. The Balaban J connectivity index is 0.00000392. The number of halogens is 3. The van der Waals surface area contributed by atoms with Gasteiger partial charge >= 0.3 is 0 Å². The van der Waals surface area contributed by atoms with Crippen LogP contribution < -0.4 is 0 Å². The lowest BCUT2D eigenvalue weighted by atomic mass is 9.85. The topological polar surface area (TPSA) is 12.5 Å². The molecule has 0 spiro atoms. The molecule has 0 heterocycles. The Bertz CT molecular complexity index is 723. The highest BCUT2D eigenvalue weighted by molar-refractivity contribution is 5.85. The quantitative estimate of drug-likeness (QED) is 0.449. The molecule has 0 aliphatic heterocycles. The average Bonchev–Trinajstić information content (AvgIpc) is 2.60. The molecule has 2 rings (SSSR count). The highest BCUT2D eigenvalue weighted by Gasteiger charge is 2.23. The van der Waals surface area contributed by atoms with Crippen LogP contribution in [-0.4, -0.2) is 25.3 Å². The summed E-state index contributed by atoms with van der Waals surface area (Å²) in [5, 5.41) is 1.91. The predicted molar refractivity (Wildman–Crippen MR) is 114 cm³/mol. The Morgan fingerprint density at radius 2 is 1.61 bits per heavy atom. The van der Waals surface area contributed by atoms with Crippen LogP contribution in [0.5, 0.6) is 0 Å². The Labute approximate surface area is 174 Å². The first-order valence-electron chi connectivity index (χ1n) is 9.67. The van der Waals surface area contributed by atoms with Crippen molar-refractivity contribution >= 4 is 12.4 Å². The van der Waals surface area contributed by atoms with Gasteiger partial charge in [0.15, 0.2) is 0 Å². The molecule has 2 nitrogen and oxygen atoms in total. The summed E-state index contributed by atoms with van der Waals surface area (Å²) in [5.41, 5.74) is 4.80. The average molecular weight is 412 g/mol. The van der Waals surface area contributed by atoms with E-state index in [1.54, 1.807) is 7.11 Å². The second-order valence-corrected chi connectivity index (χ2v) is 7.34. The minimum absolute atomic E-state index is 0. The van der Waals surface area contributed by atoms with Crippen molar-refractivity contribution in [1.29, 1.82) is 0 Å². The number of benzene rings is 2. The molecule has 2 aromatic rings. The molecule has 0 saturated heterocycles. The van der Waals surface area contributed by atoms with Gasteiger partial charge in [-0.2, -0.15) is 5.06 Å². The van der Waals surface area contributed by atoms with Crippen molar-refractivity contribution in [2.24, 2.45) is 0 Å². The monoisotopic (exact) mass is 411 g/mol. The van der Waals surface area contributed by atoms with Crippen molar-refractivity contribution in [3.63, 3.8) is 0 Å². The van der Waals surface area contributed by atoms with E-state index in [1.165, 1.54) is 23.8 Å². The van der Waals surface area contributed by atoms with Crippen molar-refractivity contribution in [3.05, 3.63) is 69.8 Å². The highest BCUT2D eigenvalue weighted by Crippen LogP contribution is 2.31. The lowest BCUT2D eigenvalue weighted by Gasteiger charge is -2.28. The largest absolute Gasteiger partial charge is 0.302 e. The Morgan fingerprint density at radius 1 is 1.04 bits per heavy atom. The zero-order chi connectivity index (χ0) is 20.0. The fourth-order valence-electron chi connectivity index (χ4n) is 3.90. The summed E-state index contributed by atoms with van der Waals surface area (Å²) in [6.45, 7) is 9.74. The van der Waals surface area contributed by atoms with Gasteiger partial charge in [-0.25, -0.2) is 8.78 Å². The van der Waals surface area contributed by atoms with Crippen LogP contribution in [0, 0.1) is 32.4 Å². The van der Waals surface area contributed by atoms with Crippen LogP contribution in [0.1, 0.15) is 53.5 Å². The van der Waals surface area contributed by atoms with Crippen molar-refractivity contribution in [1.82, 2.24) is 5.06 Å². The maximum absolute atomic E-state index is 14.3. The van der Waals surface area contributed by atoms with E-state index in [4.69, 9.17) is 4.84 Å². The molecule has 0 fully saturated rings. The second kappa shape index (κ2) is 11.5. The van der Waals surface area contributed by atoms with Crippen molar-refractivity contribution in [2.75, 3.05) is 20.2 Å². The lowest BCUT2D eigenvalue weighted by molar-refractivity contribution is -0.135. The zero-order valence-electron chi connectivity index (χ0n) is 17.5. The first-order chi connectivity index (χ1) is 12.9. The first-order valence-corrected chi connectivity index (χ1v) is 9.67. The van der Waals surface area contributed by atoms with Crippen LogP contribution >= 0.6 is 12.4 Å². The third-order valence-corrected chi connectivity index (χ3v) is 5.10. The molecule has 5 heteroatoms. The number of nitrogens with zero attached hydrogens (tertiary/aromatic N) is 1. The second-order valence-electron chi connectivity index (χ2n) is 7.34. The fraction of sp³-hybridized carbons (Fsp3) is 0.478. The summed E-state index contributed by atoms with van der Waals surface area (Å²) in [7, 11) is 1.66. The van der Waals surface area contributed by atoms with Gasteiger partial charge in [-0.15, -0.1) is 12.4 Å². The Hall–Kier alpha value is -1.49.